The number of pyridine rings is 2. The molecule has 3 heterocycles. The van der Waals surface area contributed by atoms with Crippen LogP contribution in [0, 0.1) is 16.7 Å². The van der Waals surface area contributed by atoms with E-state index in [1.54, 1.807) is 25.6 Å². The lowest BCUT2D eigenvalue weighted by molar-refractivity contribution is 0.0191. The number of anilines is 1. The smallest absolute Gasteiger partial charge is 0.126 e. The van der Waals surface area contributed by atoms with Crippen LogP contribution in [0.2, 0.25) is 5.02 Å². The number of methoxy groups -OCH3 is 1. The van der Waals surface area contributed by atoms with Crippen molar-refractivity contribution < 1.29 is 14.2 Å². The fraction of sp³-hybridized carbons (Fsp3) is 0.577. The van der Waals surface area contributed by atoms with Gasteiger partial charge in [0.05, 0.1) is 28.8 Å². The molecule has 0 bridgehead atoms. The maximum Gasteiger partial charge on any atom is 0.126 e. The summed E-state index contributed by atoms with van der Waals surface area (Å²) in [6.45, 7) is 3.14. The lowest BCUT2D eigenvalue weighted by Crippen LogP contribution is -2.38. The van der Waals surface area contributed by atoms with Crippen molar-refractivity contribution in [3.63, 3.8) is 0 Å². The topological polar surface area (TPSA) is 101 Å². The average Bonchev–Trinajstić information content (AvgIpc) is 2.90. The van der Waals surface area contributed by atoms with Crippen LogP contribution in [0.4, 0.5) is 5.82 Å². The maximum absolute atomic E-state index is 9.68. The van der Waals surface area contributed by atoms with Gasteiger partial charge in [0.15, 0.2) is 0 Å². The van der Waals surface area contributed by atoms with Crippen molar-refractivity contribution in [2.45, 2.75) is 50.6 Å². The van der Waals surface area contributed by atoms with Gasteiger partial charge in [-0.2, -0.15) is 5.26 Å². The van der Waals surface area contributed by atoms with Crippen LogP contribution in [-0.2, 0) is 9.47 Å². The molecule has 0 amide bonds. The summed E-state index contributed by atoms with van der Waals surface area (Å²) in [5.74, 6) is 1.46. The summed E-state index contributed by atoms with van der Waals surface area (Å²) in [4.78, 5) is 9.01. The number of halogens is 1. The fourth-order valence-electron chi connectivity index (χ4n) is 4.65. The van der Waals surface area contributed by atoms with Crippen LogP contribution in [0.5, 0.6) is 5.75 Å². The highest BCUT2D eigenvalue weighted by molar-refractivity contribution is 6.33. The van der Waals surface area contributed by atoms with Crippen LogP contribution in [0.1, 0.15) is 38.5 Å². The van der Waals surface area contributed by atoms with E-state index in [2.05, 4.69) is 26.7 Å². The van der Waals surface area contributed by atoms with Gasteiger partial charge in [-0.15, -0.1) is 0 Å². The summed E-state index contributed by atoms with van der Waals surface area (Å²) in [5, 5.41) is 17.3. The Bertz CT molecular complexity index is 1000. The molecule has 2 fully saturated rings. The standard InChI is InChI=1S/C26H34ClN5O3/c1-33-13-10-29-19-2-4-20(5-3-19)32-25-15-22(23(27)16-31-25)24-14-21(6-9-30-24)35-18-26(17-28)7-11-34-12-8-26/h6,9,14-16,19-20,29H,2-5,7-8,10-13,18H2,1H3,(H,31,32). The van der Waals surface area contributed by atoms with Crippen LogP contribution in [0.3, 0.4) is 0 Å². The Balaban J connectivity index is 1.38. The van der Waals surface area contributed by atoms with Crippen molar-refractivity contribution in [2.75, 3.05) is 45.4 Å². The van der Waals surface area contributed by atoms with E-state index in [4.69, 9.17) is 25.8 Å². The molecule has 1 saturated carbocycles. The molecule has 2 aromatic heterocycles. The van der Waals surface area contributed by atoms with Gasteiger partial charge < -0.3 is 24.8 Å². The molecule has 8 nitrogen and oxygen atoms in total. The van der Waals surface area contributed by atoms with E-state index in [9.17, 15) is 5.26 Å². The van der Waals surface area contributed by atoms with E-state index in [-0.39, 0.29) is 0 Å². The Labute approximate surface area is 212 Å². The van der Waals surface area contributed by atoms with Gasteiger partial charge in [-0.25, -0.2) is 4.98 Å². The molecule has 2 N–H and O–H groups in total. The molecule has 1 aliphatic heterocycles. The molecular formula is C26H34ClN5O3. The Kier molecular flexibility index (Phi) is 9.16. The molecule has 1 aliphatic carbocycles. The van der Waals surface area contributed by atoms with Crippen molar-refractivity contribution in [1.82, 2.24) is 15.3 Å². The lowest BCUT2D eigenvalue weighted by Gasteiger charge is -2.30. The molecular weight excluding hydrogens is 466 g/mol. The Morgan fingerprint density at radius 1 is 1.17 bits per heavy atom. The summed E-state index contributed by atoms with van der Waals surface area (Å²) >= 11 is 6.50. The van der Waals surface area contributed by atoms with Crippen LogP contribution in [0.15, 0.2) is 30.6 Å². The minimum Gasteiger partial charge on any atom is -0.492 e. The minimum absolute atomic E-state index is 0.330. The molecule has 0 atom stereocenters. The van der Waals surface area contributed by atoms with Crippen molar-refractivity contribution in [3.8, 4) is 23.1 Å². The third-order valence-electron chi connectivity index (χ3n) is 6.88. The second-order valence-corrected chi connectivity index (χ2v) is 9.77. The van der Waals surface area contributed by atoms with Crippen molar-refractivity contribution >= 4 is 17.4 Å². The number of rotatable bonds is 10. The number of nitrogens with one attached hydrogen (secondary N) is 2. The second-order valence-electron chi connectivity index (χ2n) is 9.36. The predicted octanol–water partition coefficient (Wildman–Crippen LogP) is 4.46. The Hall–Kier alpha value is -2.44. The van der Waals surface area contributed by atoms with E-state index in [1.165, 1.54) is 0 Å². The van der Waals surface area contributed by atoms with Gasteiger partial charge in [-0.05, 0) is 50.7 Å². The van der Waals surface area contributed by atoms with E-state index in [1.807, 2.05) is 12.1 Å². The van der Waals surface area contributed by atoms with Gasteiger partial charge in [0.25, 0.3) is 0 Å². The van der Waals surface area contributed by atoms with Crippen LogP contribution in [-0.4, -0.2) is 62.1 Å². The number of hydrogen-bond donors (Lipinski definition) is 2. The predicted molar refractivity (Wildman–Crippen MR) is 136 cm³/mol. The molecule has 2 aromatic rings. The summed E-state index contributed by atoms with van der Waals surface area (Å²) in [7, 11) is 1.73. The number of ether oxygens (including phenoxy) is 3. The molecule has 0 radical (unpaired) electrons. The van der Waals surface area contributed by atoms with Gasteiger partial charge in [-0.1, -0.05) is 11.6 Å². The van der Waals surface area contributed by atoms with Gasteiger partial charge in [-0.3, -0.25) is 4.98 Å². The van der Waals surface area contributed by atoms with Crippen LogP contribution < -0.4 is 15.4 Å². The first-order chi connectivity index (χ1) is 17.1. The van der Waals surface area contributed by atoms with Crippen LogP contribution in [0.25, 0.3) is 11.3 Å². The highest BCUT2D eigenvalue weighted by Crippen LogP contribution is 2.33. The first-order valence-electron chi connectivity index (χ1n) is 12.3. The molecule has 188 valence electrons. The lowest BCUT2D eigenvalue weighted by atomic mass is 9.83. The number of nitrogens with zero attached hydrogens (tertiary/aromatic N) is 3. The van der Waals surface area contributed by atoms with Gasteiger partial charge in [0.2, 0.25) is 0 Å². The third-order valence-corrected chi connectivity index (χ3v) is 7.18. The summed E-state index contributed by atoms with van der Waals surface area (Å²) < 4.78 is 16.6. The Morgan fingerprint density at radius 3 is 2.69 bits per heavy atom. The fourth-order valence-corrected chi connectivity index (χ4v) is 4.85. The molecule has 0 aromatic carbocycles. The van der Waals surface area contributed by atoms with Crippen LogP contribution >= 0.6 is 11.6 Å². The van der Waals surface area contributed by atoms with Gasteiger partial charge in [0.1, 0.15) is 18.2 Å². The summed E-state index contributed by atoms with van der Waals surface area (Å²) in [6.07, 6.45) is 9.14. The first kappa shape index (κ1) is 25.6. The van der Waals surface area contributed by atoms with Crippen molar-refractivity contribution in [2.24, 2.45) is 5.41 Å². The molecule has 0 spiro atoms. The quantitative estimate of drug-likeness (QED) is 0.462. The third kappa shape index (κ3) is 7.05. The molecule has 4 rings (SSSR count). The number of aromatic nitrogens is 2. The SMILES string of the molecule is COCCNC1CCC(Nc2cc(-c3cc(OCC4(C#N)CCOCC4)ccn3)c(Cl)cn2)CC1. The molecule has 0 unspecified atom stereocenters. The van der Waals surface area contributed by atoms with E-state index in [0.29, 0.717) is 61.2 Å². The number of nitriles is 1. The van der Waals surface area contributed by atoms with Gasteiger partial charge >= 0.3 is 0 Å². The zero-order valence-electron chi connectivity index (χ0n) is 20.3. The second kappa shape index (κ2) is 12.5. The molecule has 35 heavy (non-hydrogen) atoms. The van der Waals surface area contributed by atoms with E-state index >= 15 is 0 Å². The van der Waals surface area contributed by atoms with E-state index < -0.39 is 5.41 Å². The zero-order chi connectivity index (χ0) is 24.5. The highest BCUT2D eigenvalue weighted by atomic mass is 35.5. The minimum atomic E-state index is -0.509. The highest BCUT2D eigenvalue weighted by Gasteiger charge is 2.33. The summed E-state index contributed by atoms with van der Waals surface area (Å²) in [6, 6.07) is 8.98. The first-order valence-corrected chi connectivity index (χ1v) is 12.7. The van der Waals surface area contributed by atoms with E-state index in [0.717, 1.165) is 50.2 Å². The molecule has 9 heteroatoms. The maximum atomic E-state index is 9.68. The van der Waals surface area contributed by atoms with Gasteiger partial charge in [0, 0.05) is 63.0 Å². The monoisotopic (exact) mass is 499 g/mol. The largest absolute Gasteiger partial charge is 0.492 e. The van der Waals surface area contributed by atoms with Crippen molar-refractivity contribution in [1.29, 1.82) is 5.26 Å². The average molecular weight is 500 g/mol. The normalized spacial score (nSPS) is 21.7. The molecule has 1 saturated heterocycles. The van der Waals surface area contributed by atoms with Crippen molar-refractivity contribution in [3.05, 3.63) is 35.6 Å². The molecule has 2 aliphatic rings. The Morgan fingerprint density at radius 2 is 1.94 bits per heavy atom. The number of hydrogen-bond acceptors (Lipinski definition) is 8. The summed E-state index contributed by atoms with van der Waals surface area (Å²) in [5.41, 5.74) is 0.998. The zero-order valence-corrected chi connectivity index (χ0v) is 21.0.